The van der Waals surface area contributed by atoms with E-state index in [1.54, 1.807) is 0 Å². The van der Waals surface area contributed by atoms with Crippen LogP contribution in [0.3, 0.4) is 0 Å². The zero-order chi connectivity index (χ0) is 10.7. The molecule has 0 saturated heterocycles. The van der Waals surface area contributed by atoms with Crippen molar-refractivity contribution < 1.29 is 9.21 Å². The van der Waals surface area contributed by atoms with E-state index in [2.05, 4.69) is 20.8 Å². The number of nitrogens with two attached hydrogens (primary N) is 1. The number of aromatic nitrogens is 2. The standard InChI is InChI=1S/C8H13N5O2/c9-7-12-13-8(15-7)10-4-3-6(14)11-5-1-2-5/h5H,1-4H2,(H2,9,12)(H,10,13)(H,11,14). The van der Waals surface area contributed by atoms with E-state index < -0.39 is 0 Å². The lowest BCUT2D eigenvalue weighted by Gasteiger charge is -2.02. The number of carbonyl (C=O) groups excluding carboxylic acids is 1. The summed E-state index contributed by atoms with van der Waals surface area (Å²) in [6.45, 7) is 0.459. The summed E-state index contributed by atoms with van der Waals surface area (Å²) in [6.07, 6.45) is 2.58. The van der Waals surface area contributed by atoms with E-state index in [1.165, 1.54) is 0 Å². The number of hydrogen-bond donors (Lipinski definition) is 3. The lowest BCUT2D eigenvalue weighted by Crippen LogP contribution is -2.27. The fraction of sp³-hybridized carbons (Fsp3) is 0.625. The highest BCUT2D eigenvalue weighted by molar-refractivity contribution is 5.77. The van der Waals surface area contributed by atoms with Crippen LogP contribution in [0.5, 0.6) is 0 Å². The maximum Gasteiger partial charge on any atom is 0.316 e. The van der Waals surface area contributed by atoms with E-state index in [0.717, 1.165) is 12.8 Å². The zero-order valence-electron chi connectivity index (χ0n) is 8.19. The summed E-state index contributed by atoms with van der Waals surface area (Å²) in [5.41, 5.74) is 5.22. The van der Waals surface area contributed by atoms with Crippen LogP contribution >= 0.6 is 0 Å². The fourth-order valence-electron chi connectivity index (χ4n) is 1.12. The molecule has 1 aromatic rings. The number of anilines is 2. The average Bonchev–Trinajstić information content (AvgIpc) is 2.89. The molecule has 1 aliphatic rings. The molecule has 15 heavy (non-hydrogen) atoms. The van der Waals surface area contributed by atoms with Gasteiger partial charge in [0.2, 0.25) is 5.91 Å². The Bertz CT molecular complexity index is 347. The van der Waals surface area contributed by atoms with Gasteiger partial charge in [-0.3, -0.25) is 4.79 Å². The van der Waals surface area contributed by atoms with Crippen LogP contribution < -0.4 is 16.4 Å². The van der Waals surface area contributed by atoms with Crippen LogP contribution in [-0.4, -0.2) is 28.7 Å². The van der Waals surface area contributed by atoms with Gasteiger partial charge in [0.1, 0.15) is 0 Å². The van der Waals surface area contributed by atoms with Crippen molar-refractivity contribution in [2.75, 3.05) is 17.6 Å². The van der Waals surface area contributed by atoms with Crippen LogP contribution in [0.15, 0.2) is 4.42 Å². The number of nitrogens with zero attached hydrogens (tertiary/aromatic N) is 2. The SMILES string of the molecule is Nc1nnc(NCCC(=O)NC2CC2)o1. The second-order valence-corrected chi connectivity index (χ2v) is 3.46. The van der Waals surface area contributed by atoms with Gasteiger partial charge in [0.05, 0.1) is 0 Å². The van der Waals surface area contributed by atoms with Gasteiger partial charge in [0, 0.05) is 19.0 Å². The molecule has 7 heteroatoms. The highest BCUT2D eigenvalue weighted by atomic mass is 16.4. The van der Waals surface area contributed by atoms with Crippen molar-refractivity contribution in [3.8, 4) is 0 Å². The van der Waals surface area contributed by atoms with Crippen molar-refractivity contribution in [2.24, 2.45) is 0 Å². The number of carbonyl (C=O) groups is 1. The lowest BCUT2D eigenvalue weighted by molar-refractivity contribution is -0.120. The Hall–Kier alpha value is -1.79. The topological polar surface area (TPSA) is 106 Å². The van der Waals surface area contributed by atoms with E-state index in [1.807, 2.05) is 0 Å². The van der Waals surface area contributed by atoms with Gasteiger partial charge in [-0.05, 0) is 12.8 Å². The van der Waals surface area contributed by atoms with Gasteiger partial charge >= 0.3 is 12.0 Å². The third-order valence-electron chi connectivity index (χ3n) is 2.01. The highest BCUT2D eigenvalue weighted by Crippen LogP contribution is 2.18. The lowest BCUT2D eigenvalue weighted by atomic mass is 10.4. The van der Waals surface area contributed by atoms with Crippen LogP contribution in [0, 0.1) is 0 Å². The summed E-state index contributed by atoms with van der Waals surface area (Å²) in [7, 11) is 0. The molecule has 0 bridgehead atoms. The Labute approximate surface area is 86.4 Å². The first-order valence-corrected chi connectivity index (χ1v) is 4.86. The first kappa shape index (κ1) is 9.75. The first-order chi connectivity index (χ1) is 7.24. The van der Waals surface area contributed by atoms with Crippen molar-refractivity contribution in [1.29, 1.82) is 0 Å². The fourth-order valence-corrected chi connectivity index (χ4v) is 1.12. The molecule has 1 aromatic heterocycles. The molecule has 0 radical (unpaired) electrons. The van der Waals surface area contributed by atoms with E-state index in [9.17, 15) is 4.79 Å². The maximum absolute atomic E-state index is 11.2. The van der Waals surface area contributed by atoms with Crippen LogP contribution in [0.2, 0.25) is 0 Å². The predicted molar refractivity (Wildman–Crippen MR) is 53.0 cm³/mol. The third kappa shape index (κ3) is 3.12. The Morgan fingerprint density at radius 2 is 2.33 bits per heavy atom. The van der Waals surface area contributed by atoms with Crippen molar-refractivity contribution in [1.82, 2.24) is 15.5 Å². The van der Waals surface area contributed by atoms with Gasteiger partial charge in [-0.1, -0.05) is 10.2 Å². The van der Waals surface area contributed by atoms with E-state index in [4.69, 9.17) is 10.2 Å². The van der Waals surface area contributed by atoms with Gasteiger partial charge in [-0.15, -0.1) is 0 Å². The molecule has 0 atom stereocenters. The molecule has 2 rings (SSSR count). The monoisotopic (exact) mass is 211 g/mol. The van der Waals surface area contributed by atoms with Gasteiger partial charge in [0.25, 0.3) is 0 Å². The van der Waals surface area contributed by atoms with Crippen LogP contribution in [-0.2, 0) is 4.79 Å². The minimum atomic E-state index is 0.0138. The van der Waals surface area contributed by atoms with Gasteiger partial charge in [0.15, 0.2) is 0 Å². The summed E-state index contributed by atoms with van der Waals surface area (Å²) >= 11 is 0. The molecular weight excluding hydrogens is 198 g/mol. The molecule has 1 amide bonds. The third-order valence-corrected chi connectivity index (χ3v) is 2.01. The minimum Gasteiger partial charge on any atom is -0.390 e. The van der Waals surface area contributed by atoms with Crippen molar-refractivity contribution in [2.45, 2.75) is 25.3 Å². The first-order valence-electron chi connectivity index (χ1n) is 4.86. The van der Waals surface area contributed by atoms with Gasteiger partial charge in [-0.25, -0.2) is 0 Å². The quantitative estimate of drug-likeness (QED) is 0.619. The largest absolute Gasteiger partial charge is 0.390 e. The summed E-state index contributed by atoms with van der Waals surface area (Å²) in [4.78, 5) is 11.2. The smallest absolute Gasteiger partial charge is 0.316 e. The molecule has 0 aromatic carbocycles. The predicted octanol–water partition coefficient (Wildman–Crippen LogP) is -0.268. The number of hydrogen-bond acceptors (Lipinski definition) is 6. The minimum absolute atomic E-state index is 0.0138. The molecular formula is C8H13N5O2. The van der Waals surface area contributed by atoms with Gasteiger partial charge in [-0.2, -0.15) is 0 Å². The molecule has 82 valence electrons. The highest BCUT2D eigenvalue weighted by Gasteiger charge is 2.22. The normalized spacial score (nSPS) is 14.9. The van der Waals surface area contributed by atoms with Crippen molar-refractivity contribution in [3.05, 3.63) is 0 Å². The molecule has 1 aliphatic carbocycles. The van der Waals surface area contributed by atoms with E-state index in [-0.39, 0.29) is 17.9 Å². The van der Waals surface area contributed by atoms with Crippen LogP contribution in [0.4, 0.5) is 12.0 Å². The number of amides is 1. The summed E-state index contributed by atoms with van der Waals surface area (Å²) in [5.74, 6) is 0.0393. The Morgan fingerprint density at radius 3 is 2.93 bits per heavy atom. The maximum atomic E-state index is 11.2. The molecule has 0 spiro atoms. The van der Waals surface area contributed by atoms with Crippen molar-refractivity contribution in [3.63, 3.8) is 0 Å². The Morgan fingerprint density at radius 1 is 1.53 bits per heavy atom. The zero-order valence-corrected chi connectivity index (χ0v) is 8.19. The Balaban J connectivity index is 1.63. The second kappa shape index (κ2) is 4.16. The summed E-state index contributed by atoms with van der Waals surface area (Å²) in [6, 6.07) is 0.656. The molecule has 7 nitrogen and oxygen atoms in total. The average molecular weight is 211 g/mol. The second-order valence-electron chi connectivity index (χ2n) is 3.46. The van der Waals surface area contributed by atoms with Crippen LogP contribution in [0.1, 0.15) is 19.3 Å². The summed E-state index contributed by atoms with van der Waals surface area (Å²) < 4.78 is 4.87. The van der Waals surface area contributed by atoms with Crippen LogP contribution in [0.25, 0.3) is 0 Å². The van der Waals surface area contributed by atoms with Crippen molar-refractivity contribution >= 4 is 17.9 Å². The van der Waals surface area contributed by atoms with Gasteiger partial charge < -0.3 is 20.8 Å². The summed E-state index contributed by atoms with van der Waals surface area (Å²) in [5, 5.41) is 12.8. The Kier molecular flexibility index (Phi) is 2.70. The molecule has 0 unspecified atom stereocenters. The molecule has 1 heterocycles. The van der Waals surface area contributed by atoms with E-state index in [0.29, 0.717) is 19.0 Å². The van der Waals surface area contributed by atoms with E-state index >= 15 is 0 Å². The molecule has 4 N–H and O–H groups in total. The molecule has 1 saturated carbocycles. The number of nitrogen functional groups attached to an aromatic ring is 1. The molecule has 1 fully saturated rings. The number of rotatable bonds is 5. The number of nitrogens with one attached hydrogen (secondary N) is 2. The molecule has 0 aliphatic heterocycles.